The SMILES string of the molecule is Cn1ccnc1NCC(C)(C)C. The van der Waals surface area contributed by atoms with Gasteiger partial charge in [-0.2, -0.15) is 0 Å². The fourth-order valence-electron chi connectivity index (χ4n) is 0.880. The maximum absolute atomic E-state index is 4.17. The molecule has 3 nitrogen and oxygen atoms in total. The second-order valence-corrected chi connectivity index (χ2v) is 4.28. The summed E-state index contributed by atoms with van der Waals surface area (Å²) in [5.41, 5.74) is 0.298. The Morgan fingerprint density at radius 2 is 2.17 bits per heavy atom. The molecule has 0 atom stereocenters. The molecule has 0 aliphatic rings. The molecule has 3 heteroatoms. The van der Waals surface area contributed by atoms with Crippen LogP contribution in [-0.4, -0.2) is 16.1 Å². The molecule has 0 aliphatic carbocycles. The second kappa shape index (κ2) is 3.17. The monoisotopic (exact) mass is 167 g/mol. The smallest absolute Gasteiger partial charge is 0.202 e. The van der Waals surface area contributed by atoms with Gasteiger partial charge in [-0.05, 0) is 5.41 Å². The number of hydrogen-bond acceptors (Lipinski definition) is 2. The number of imidazole rings is 1. The van der Waals surface area contributed by atoms with Crippen molar-refractivity contribution >= 4 is 5.95 Å². The van der Waals surface area contributed by atoms with Gasteiger partial charge in [0.15, 0.2) is 0 Å². The topological polar surface area (TPSA) is 29.9 Å². The van der Waals surface area contributed by atoms with Gasteiger partial charge in [0.25, 0.3) is 0 Å². The van der Waals surface area contributed by atoms with E-state index in [9.17, 15) is 0 Å². The van der Waals surface area contributed by atoms with Crippen LogP contribution in [0.15, 0.2) is 12.4 Å². The highest BCUT2D eigenvalue weighted by molar-refractivity contribution is 5.25. The molecule has 0 spiro atoms. The molecule has 1 aromatic rings. The summed E-state index contributed by atoms with van der Waals surface area (Å²) in [6, 6.07) is 0. The number of aromatic nitrogens is 2. The first-order chi connectivity index (χ1) is 5.49. The van der Waals surface area contributed by atoms with Crippen LogP contribution in [0.3, 0.4) is 0 Å². The van der Waals surface area contributed by atoms with E-state index >= 15 is 0 Å². The van der Waals surface area contributed by atoms with Gasteiger partial charge in [-0.1, -0.05) is 20.8 Å². The lowest BCUT2D eigenvalue weighted by atomic mass is 9.97. The van der Waals surface area contributed by atoms with E-state index in [1.807, 2.05) is 17.8 Å². The average molecular weight is 167 g/mol. The lowest BCUT2D eigenvalue weighted by Crippen LogP contribution is -2.20. The highest BCUT2D eigenvalue weighted by atomic mass is 15.2. The van der Waals surface area contributed by atoms with Crippen LogP contribution in [0, 0.1) is 5.41 Å². The minimum Gasteiger partial charge on any atom is -0.355 e. The van der Waals surface area contributed by atoms with Gasteiger partial charge in [-0.25, -0.2) is 4.98 Å². The number of nitrogens with one attached hydrogen (secondary N) is 1. The van der Waals surface area contributed by atoms with E-state index in [2.05, 4.69) is 31.1 Å². The number of aryl methyl sites for hydroxylation is 1. The van der Waals surface area contributed by atoms with Crippen LogP contribution in [-0.2, 0) is 7.05 Å². The third-order valence-corrected chi connectivity index (χ3v) is 1.60. The minimum absolute atomic E-state index is 0.298. The maximum atomic E-state index is 4.17. The van der Waals surface area contributed by atoms with Crippen molar-refractivity contribution in [2.75, 3.05) is 11.9 Å². The lowest BCUT2D eigenvalue weighted by Gasteiger charge is -2.18. The van der Waals surface area contributed by atoms with Gasteiger partial charge in [-0.15, -0.1) is 0 Å². The van der Waals surface area contributed by atoms with Crippen molar-refractivity contribution in [1.29, 1.82) is 0 Å². The molecule has 0 amide bonds. The van der Waals surface area contributed by atoms with E-state index in [-0.39, 0.29) is 0 Å². The van der Waals surface area contributed by atoms with E-state index in [0.29, 0.717) is 5.41 Å². The van der Waals surface area contributed by atoms with Crippen molar-refractivity contribution in [1.82, 2.24) is 9.55 Å². The first kappa shape index (κ1) is 9.10. The summed E-state index contributed by atoms with van der Waals surface area (Å²) >= 11 is 0. The van der Waals surface area contributed by atoms with Gasteiger partial charge < -0.3 is 9.88 Å². The first-order valence-corrected chi connectivity index (χ1v) is 4.20. The van der Waals surface area contributed by atoms with Gasteiger partial charge >= 0.3 is 0 Å². The molecule has 0 aromatic carbocycles. The van der Waals surface area contributed by atoms with E-state index in [0.717, 1.165) is 12.5 Å². The van der Waals surface area contributed by atoms with Gasteiger partial charge in [0.05, 0.1) is 0 Å². The summed E-state index contributed by atoms with van der Waals surface area (Å²) in [5.74, 6) is 0.935. The third kappa shape index (κ3) is 2.57. The van der Waals surface area contributed by atoms with Gasteiger partial charge in [0.1, 0.15) is 0 Å². The standard InChI is InChI=1S/C9H17N3/c1-9(2,3)7-11-8-10-5-6-12(8)4/h5-6H,7H2,1-4H3,(H,10,11). The number of hydrogen-bond donors (Lipinski definition) is 1. The molecule has 12 heavy (non-hydrogen) atoms. The Hall–Kier alpha value is -0.990. The fourth-order valence-corrected chi connectivity index (χ4v) is 0.880. The van der Waals surface area contributed by atoms with Crippen molar-refractivity contribution in [3.63, 3.8) is 0 Å². The summed E-state index contributed by atoms with van der Waals surface area (Å²) in [5, 5.41) is 3.28. The van der Waals surface area contributed by atoms with E-state index < -0.39 is 0 Å². The lowest BCUT2D eigenvalue weighted by molar-refractivity contribution is 0.441. The van der Waals surface area contributed by atoms with Crippen LogP contribution in [0.4, 0.5) is 5.95 Å². The normalized spacial score (nSPS) is 11.7. The zero-order valence-electron chi connectivity index (χ0n) is 8.26. The summed E-state index contributed by atoms with van der Waals surface area (Å²) in [6.07, 6.45) is 3.73. The van der Waals surface area contributed by atoms with Crippen LogP contribution >= 0.6 is 0 Å². The molecule has 68 valence electrons. The molecular formula is C9H17N3. The molecule has 1 aromatic heterocycles. The molecule has 1 heterocycles. The molecule has 0 fully saturated rings. The molecule has 0 bridgehead atoms. The predicted molar refractivity (Wildman–Crippen MR) is 51.2 cm³/mol. The quantitative estimate of drug-likeness (QED) is 0.728. The molecule has 0 radical (unpaired) electrons. The van der Waals surface area contributed by atoms with E-state index in [1.165, 1.54) is 0 Å². The maximum Gasteiger partial charge on any atom is 0.202 e. The molecule has 0 saturated carbocycles. The largest absolute Gasteiger partial charge is 0.355 e. The Bertz CT molecular complexity index is 245. The van der Waals surface area contributed by atoms with E-state index in [1.54, 1.807) is 6.20 Å². The Morgan fingerprint density at radius 1 is 1.50 bits per heavy atom. The number of nitrogens with zero attached hydrogens (tertiary/aromatic N) is 2. The molecule has 0 unspecified atom stereocenters. The van der Waals surface area contributed by atoms with Crippen molar-refractivity contribution in [2.24, 2.45) is 12.5 Å². The van der Waals surface area contributed by atoms with Crippen molar-refractivity contribution in [3.05, 3.63) is 12.4 Å². The zero-order valence-corrected chi connectivity index (χ0v) is 8.26. The Kier molecular flexibility index (Phi) is 2.40. The van der Waals surface area contributed by atoms with Crippen molar-refractivity contribution in [2.45, 2.75) is 20.8 Å². The van der Waals surface area contributed by atoms with Crippen LogP contribution in [0.2, 0.25) is 0 Å². The van der Waals surface area contributed by atoms with Crippen molar-refractivity contribution < 1.29 is 0 Å². The molecular weight excluding hydrogens is 150 g/mol. The molecule has 0 aliphatic heterocycles. The number of rotatable bonds is 2. The summed E-state index contributed by atoms with van der Waals surface area (Å²) < 4.78 is 1.98. The Labute approximate surface area is 73.8 Å². The van der Waals surface area contributed by atoms with Gasteiger partial charge in [-0.3, -0.25) is 0 Å². The predicted octanol–water partition coefficient (Wildman–Crippen LogP) is 1.88. The third-order valence-electron chi connectivity index (χ3n) is 1.60. The molecule has 1 rings (SSSR count). The zero-order chi connectivity index (χ0) is 9.19. The summed E-state index contributed by atoms with van der Waals surface area (Å²) in [7, 11) is 1.98. The molecule has 0 saturated heterocycles. The van der Waals surface area contributed by atoms with E-state index in [4.69, 9.17) is 0 Å². The average Bonchev–Trinajstić information content (AvgIpc) is 2.29. The highest BCUT2D eigenvalue weighted by Gasteiger charge is 2.10. The second-order valence-electron chi connectivity index (χ2n) is 4.28. The van der Waals surface area contributed by atoms with Crippen LogP contribution in [0.25, 0.3) is 0 Å². The van der Waals surface area contributed by atoms with Gasteiger partial charge in [0.2, 0.25) is 5.95 Å². The van der Waals surface area contributed by atoms with Crippen LogP contribution in [0.1, 0.15) is 20.8 Å². The van der Waals surface area contributed by atoms with Crippen LogP contribution < -0.4 is 5.32 Å². The Balaban J connectivity index is 2.49. The van der Waals surface area contributed by atoms with Crippen molar-refractivity contribution in [3.8, 4) is 0 Å². The molecule has 1 N–H and O–H groups in total. The van der Waals surface area contributed by atoms with Crippen LogP contribution in [0.5, 0.6) is 0 Å². The fraction of sp³-hybridized carbons (Fsp3) is 0.667. The van der Waals surface area contributed by atoms with Gasteiger partial charge in [0, 0.05) is 26.0 Å². The number of anilines is 1. The minimum atomic E-state index is 0.298. The Morgan fingerprint density at radius 3 is 2.58 bits per heavy atom. The first-order valence-electron chi connectivity index (χ1n) is 4.20. The highest BCUT2D eigenvalue weighted by Crippen LogP contribution is 2.13. The summed E-state index contributed by atoms with van der Waals surface area (Å²) in [6.45, 7) is 7.53. The summed E-state index contributed by atoms with van der Waals surface area (Å²) in [4.78, 5) is 4.17.